The maximum absolute atomic E-state index is 12.2. The number of nitrogens with one attached hydrogen (secondary N) is 1. The lowest BCUT2D eigenvalue weighted by Gasteiger charge is -2.27. The van der Waals surface area contributed by atoms with E-state index in [0.29, 0.717) is 15.0 Å². The Kier molecular flexibility index (Phi) is 5.30. The molecule has 1 saturated carbocycles. The van der Waals surface area contributed by atoms with Gasteiger partial charge in [-0.1, -0.05) is 0 Å². The number of sulfonamides is 1. The lowest BCUT2D eigenvalue weighted by Crippen LogP contribution is -2.37. The number of aliphatic hydroxyl groups is 1. The molecular formula is C12H19NO3S3. The van der Waals surface area contributed by atoms with E-state index in [-0.39, 0.29) is 12.6 Å². The molecule has 0 unspecified atom stereocenters. The lowest BCUT2D eigenvalue weighted by atomic mass is 9.96. The van der Waals surface area contributed by atoms with Crippen LogP contribution in [0, 0.1) is 0 Å². The first-order valence-corrected chi connectivity index (χ1v) is 9.93. The molecule has 0 aliphatic heterocycles. The number of aliphatic hydroxyl groups excluding tert-OH is 1. The molecule has 1 aromatic rings. The Morgan fingerprint density at radius 1 is 1.42 bits per heavy atom. The zero-order valence-corrected chi connectivity index (χ0v) is 13.3. The third-order valence-corrected chi connectivity index (χ3v) is 7.55. The Hall–Kier alpha value is -0.0800. The average Bonchev–Trinajstić information content (AvgIpc) is 2.89. The molecule has 0 spiro atoms. The number of thiophene rings is 1. The van der Waals surface area contributed by atoms with Crippen molar-refractivity contribution in [3.05, 3.63) is 17.0 Å². The van der Waals surface area contributed by atoms with Crippen LogP contribution in [0.1, 0.15) is 31.2 Å². The summed E-state index contributed by atoms with van der Waals surface area (Å²) >= 11 is 3.03. The van der Waals surface area contributed by atoms with Crippen molar-refractivity contribution in [3.8, 4) is 0 Å². The molecule has 2 N–H and O–H groups in total. The van der Waals surface area contributed by atoms with Crippen molar-refractivity contribution in [3.63, 3.8) is 0 Å². The van der Waals surface area contributed by atoms with E-state index < -0.39 is 10.0 Å². The molecule has 0 amide bonds. The van der Waals surface area contributed by atoms with Gasteiger partial charge >= 0.3 is 0 Å². The van der Waals surface area contributed by atoms with Crippen molar-refractivity contribution in [1.29, 1.82) is 0 Å². The van der Waals surface area contributed by atoms with Gasteiger partial charge in [-0.2, -0.15) is 11.8 Å². The van der Waals surface area contributed by atoms with Crippen molar-refractivity contribution < 1.29 is 13.5 Å². The maximum atomic E-state index is 12.2. The average molecular weight is 321 g/mol. The van der Waals surface area contributed by atoms with E-state index in [4.69, 9.17) is 5.11 Å². The first kappa shape index (κ1) is 15.3. The van der Waals surface area contributed by atoms with Crippen LogP contribution < -0.4 is 4.72 Å². The molecule has 7 heteroatoms. The molecule has 1 aliphatic carbocycles. The molecule has 19 heavy (non-hydrogen) atoms. The molecule has 0 radical (unpaired) electrons. The van der Waals surface area contributed by atoms with E-state index in [1.165, 1.54) is 0 Å². The molecule has 108 valence electrons. The highest BCUT2D eigenvalue weighted by Crippen LogP contribution is 2.28. The Morgan fingerprint density at radius 3 is 2.63 bits per heavy atom. The molecule has 0 aromatic carbocycles. The van der Waals surface area contributed by atoms with Gasteiger partial charge in [0.1, 0.15) is 4.21 Å². The van der Waals surface area contributed by atoms with E-state index in [1.807, 2.05) is 11.8 Å². The van der Waals surface area contributed by atoms with Crippen molar-refractivity contribution in [1.82, 2.24) is 4.72 Å². The van der Waals surface area contributed by atoms with E-state index in [1.54, 1.807) is 11.4 Å². The van der Waals surface area contributed by atoms with Crippen molar-refractivity contribution >= 4 is 33.1 Å². The highest BCUT2D eigenvalue weighted by Gasteiger charge is 2.26. The van der Waals surface area contributed by atoms with Gasteiger partial charge in [0, 0.05) is 11.3 Å². The molecule has 1 aliphatic rings. The summed E-state index contributed by atoms with van der Waals surface area (Å²) in [6.45, 7) is -0.120. The summed E-state index contributed by atoms with van der Waals surface area (Å²) in [5.41, 5.74) is 0.650. The van der Waals surface area contributed by atoms with Gasteiger partial charge < -0.3 is 5.11 Å². The fourth-order valence-electron chi connectivity index (χ4n) is 2.27. The third-order valence-electron chi connectivity index (χ3n) is 3.41. The molecule has 0 atom stereocenters. The second-order valence-electron chi connectivity index (χ2n) is 4.76. The largest absolute Gasteiger partial charge is 0.392 e. The minimum absolute atomic E-state index is 0.0491. The van der Waals surface area contributed by atoms with E-state index in [2.05, 4.69) is 11.0 Å². The van der Waals surface area contributed by atoms with Gasteiger partial charge in [0.15, 0.2) is 0 Å². The summed E-state index contributed by atoms with van der Waals surface area (Å²) in [5.74, 6) is 0. The summed E-state index contributed by atoms with van der Waals surface area (Å²) in [5, 5.41) is 11.3. The monoisotopic (exact) mass is 321 g/mol. The fraction of sp³-hybridized carbons (Fsp3) is 0.667. The zero-order valence-electron chi connectivity index (χ0n) is 10.8. The second-order valence-corrected chi connectivity index (χ2v) is 8.75. The van der Waals surface area contributed by atoms with Crippen LogP contribution in [0.2, 0.25) is 0 Å². The first-order valence-electron chi connectivity index (χ1n) is 6.28. The zero-order chi connectivity index (χ0) is 13.9. The van der Waals surface area contributed by atoms with Gasteiger partial charge in [0.25, 0.3) is 0 Å². The predicted octanol–water partition coefficient (Wildman–Crippen LogP) is 2.19. The molecule has 1 heterocycles. The SMILES string of the molecule is CSC1CCC(NS(=O)(=O)c2cc(CO)cs2)CC1. The summed E-state index contributed by atoms with van der Waals surface area (Å²) in [6.07, 6.45) is 6.06. The maximum Gasteiger partial charge on any atom is 0.250 e. The second kappa shape index (κ2) is 6.58. The Labute approximate surface area is 122 Å². The Morgan fingerprint density at radius 2 is 2.11 bits per heavy atom. The van der Waals surface area contributed by atoms with Crippen molar-refractivity contribution in [2.75, 3.05) is 6.26 Å². The predicted molar refractivity (Wildman–Crippen MR) is 80.1 cm³/mol. The third kappa shape index (κ3) is 3.95. The van der Waals surface area contributed by atoms with E-state index >= 15 is 0 Å². The Bertz CT molecular complexity index is 504. The standard InChI is InChI=1S/C12H19NO3S3/c1-17-11-4-2-10(3-5-11)13-19(15,16)12-6-9(7-14)8-18-12/h6,8,10-11,13-14H,2-5,7H2,1H3. The molecule has 1 fully saturated rings. The summed E-state index contributed by atoms with van der Waals surface area (Å²) in [7, 11) is -3.42. The highest BCUT2D eigenvalue weighted by atomic mass is 32.2. The molecule has 4 nitrogen and oxygen atoms in total. The van der Waals surface area contributed by atoms with Gasteiger partial charge in [-0.25, -0.2) is 13.1 Å². The summed E-state index contributed by atoms with van der Waals surface area (Å²) in [6, 6.07) is 1.59. The number of thioether (sulfide) groups is 1. The highest BCUT2D eigenvalue weighted by molar-refractivity contribution is 7.99. The molecule has 0 bridgehead atoms. The van der Waals surface area contributed by atoms with Crippen LogP contribution in [0.4, 0.5) is 0 Å². The topological polar surface area (TPSA) is 66.4 Å². The van der Waals surface area contributed by atoms with Crippen LogP contribution in [0.5, 0.6) is 0 Å². The van der Waals surface area contributed by atoms with Gasteiger partial charge in [-0.15, -0.1) is 11.3 Å². The minimum Gasteiger partial charge on any atom is -0.392 e. The summed E-state index contributed by atoms with van der Waals surface area (Å²) < 4.78 is 27.5. The van der Waals surface area contributed by atoms with Crippen LogP contribution in [0.3, 0.4) is 0 Å². The number of rotatable bonds is 5. The molecule has 1 aromatic heterocycles. The van der Waals surface area contributed by atoms with Gasteiger partial charge in [-0.05, 0) is 48.9 Å². The summed E-state index contributed by atoms with van der Waals surface area (Å²) in [4.78, 5) is 0. The first-order chi connectivity index (χ1) is 9.05. The van der Waals surface area contributed by atoms with Crippen LogP contribution >= 0.6 is 23.1 Å². The molecule has 2 rings (SSSR count). The van der Waals surface area contributed by atoms with Crippen molar-refractivity contribution in [2.24, 2.45) is 0 Å². The van der Waals surface area contributed by atoms with Gasteiger partial charge in [0.05, 0.1) is 6.61 Å². The van der Waals surface area contributed by atoms with E-state index in [9.17, 15) is 8.42 Å². The fourth-order valence-corrected chi connectivity index (χ4v) is 5.54. The molecule has 0 saturated heterocycles. The quantitative estimate of drug-likeness (QED) is 0.872. The minimum atomic E-state index is -3.42. The van der Waals surface area contributed by atoms with Crippen LogP contribution in [0.15, 0.2) is 15.7 Å². The lowest BCUT2D eigenvalue weighted by molar-refractivity contribution is 0.282. The van der Waals surface area contributed by atoms with E-state index in [0.717, 1.165) is 37.0 Å². The number of hydrogen-bond acceptors (Lipinski definition) is 5. The van der Waals surface area contributed by atoms with Crippen LogP contribution in [-0.4, -0.2) is 31.1 Å². The Balaban J connectivity index is 1.98. The van der Waals surface area contributed by atoms with Crippen LogP contribution in [0.25, 0.3) is 0 Å². The number of hydrogen-bond donors (Lipinski definition) is 2. The smallest absolute Gasteiger partial charge is 0.250 e. The van der Waals surface area contributed by atoms with Crippen molar-refractivity contribution in [2.45, 2.75) is 47.8 Å². The van der Waals surface area contributed by atoms with Gasteiger partial charge in [0.2, 0.25) is 10.0 Å². The normalized spacial score (nSPS) is 24.5. The van der Waals surface area contributed by atoms with Gasteiger partial charge in [-0.3, -0.25) is 0 Å². The van der Waals surface area contributed by atoms with Crippen LogP contribution in [-0.2, 0) is 16.6 Å². The molecular weight excluding hydrogens is 302 g/mol.